The first-order valence-corrected chi connectivity index (χ1v) is 7.69. The van der Waals surface area contributed by atoms with Gasteiger partial charge in [0.15, 0.2) is 5.82 Å². The number of hydrogen-bond donors (Lipinski definition) is 1. The van der Waals surface area contributed by atoms with E-state index in [1.54, 1.807) is 0 Å². The third-order valence-electron chi connectivity index (χ3n) is 4.50. The Balaban J connectivity index is 1.49. The third kappa shape index (κ3) is 3.24. The Morgan fingerprint density at radius 1 is 1.33 bits per heavy atom. The Morgan fingerprint density at radius 2 is 2.10 bits per heavy atom. The first kappa shape index (κ1) is 14.5. The summed E-state index contributed by atoms with van der Waals surface area (Å²) in [6.45, 7) is 5.68. The van der Waals surface area contributed by atoms with Crippen LogP contribution < -0.4 is 5.73 Å². The number of rotatable bonds is 3. The molecule has 21 heavy (non-hydrogen) atoms. The lowest BCUT2D eigenvalue weighted by Crippen LogP contribution is -2.51. The molecular formula is C14H23N5O2. The number of carbonyl (C=O) groups excluding carboxylic acids is 1. The molecule has 1 saturated heterocycles. The van der Waals surface area contributed by atoms with Crippen molar-refractivity contribution in [1.29, 1.82) is 0 Å². The molecule has 3 rings (SSSR count). The van der Waals surface area contributed by atoms with E-state index in [1.807, 2.05) is 11.8 Å². The highest BCUT2D eigenvalue weighted by atomic mass is 16.5. The molecule has 1 aromatic rings. The molecule has 2 heterocycles. The van der Waals surface area contributed by atoms with Crippen molar-refractivity contribution < 1.29 is 9.32 Å². The monoisotopic (exact) mass is 293 g/mol. The minimum absolute atomic E-state index is 0.0372. The Kier molecular flexibility index (Phi) is 4.21. The quantitative estimate of drug-likeness (QED) is 0.853. The second-order valence-electron chi connectivity index (χ2n) is 6.04. The lowest BCUT2D eigenvalue weighted by molar-refractivity contribution is -0.137. The van der Waals surface area contributed by atoms with Gasteiger partial charge >= 0.3 is 0 Å². The Labute approximate surface area is 124 Å². The van der Waals surface area contributed by atoms with Gasteiger partial charge in [0.25, 0.3) is 0 Å². The zero-order valence-electron chi connectivity index (χ0n) is 12.5. The summed E-state index contributed by atoms with van der Waals surface area (Å²) >= 11 is 0. The van der Waals surface area contributed by atoms with Crippen molar-refractivity contribution in [3.05, 3.63) is 11.7 Å². The van der Waals surface area contributed by atoms with Crippen molar-refractivity contribution in [2.75, 3.05) is 26.2 Å². The number of hydrogen-bond acceptors (Lipinski definition) is 6. The van der Waals surface area contributed by atoms with Gasteiger partial charge in [0.2, 0.25) is 11.8 Å². The molecule has 2 aliphatic rings. The summed E-state index contributed by atoms with van der Waals surface area (Å²) in [5.74, 6) is 1.59. The van der Waals surface area contributed by atoms with E-state index in [1.165, 1.54) is 0 Å². The summed E-state index contributed by atoms with van der Waals surface area (Å²) in [7, 11) is 0. The molecule has 0 bridgehead atoms. The minimum Gasteiger partial charge on any atom is -0.340 e. The first-order chi connectivity index (χ1) is 10.1. The van der Waals surface area contributed by atoms with Crippen LogP contribution in [0.4, 0.5) is 0 Å². The van der Waals surface area contributed by atoms with Crippen molar-refractivity contribution in [2.45, 2.75) is 38.8 Å². The molecule has 0 aromatic carbocycles. The van der Waals surface area contributed by atoms with E-state index < -0.39 is 0 Å². The molecule has 1 aliphatic heterocycles. The molecule has 7 heteroatoms. The van der Waals surface area contributed by atoms with Gasteiger partial charge in [0.05, 0.1) is 12.5 Å². The number of nitrogens with zero attached hydrogens (tertiary/aromatic N) is 4. The van der Waals surface area contributed by atoms with Crippen LogP contribution >= 0.6 is 0 Å². The smallest absolute Gasteiger partial charge is 0.240 e. The molecule has 0 radical (unpaired) electrons. The van der Waals surface area contributed by atoms with Gasteiger partial charge < -0.3 is 15.2 Å². The Hall–Kier alpha value is -1.47. The number of piperazine rings is 1. The van der Waals surface area contributed by atoms with Gasteiger partial charge in [-0.2, -0.15) is 4.98 Å². The van der Waals surface area contributed by atoms with Gasteiger partial charge in [0, 0.05) is 32.2 Å². The van der Waals surface area contributed by atoms with Gasteiger partial charge in [-0.05, 0) is 19.8 Å². The summed E-state index contributed by atoms with van der Waals surface area (Å²) in [5, 5.41) is 3.79. The molecule has 1 saturated carbocycles. The fourth-order valence-corrected chi connectivity index (χ4v) is 3.25. The van der Waals surface area contributed by atoms with E-state index in [2.05, 4.69) is 15.0 Å². The maximum absolute atomic E-state index is 12.5. The predicted molar refractivity (Wildman–Crippen MR) is 76.2 cm³/mol. The van der Waals surface area contributed by atoms with Gasteiger partial charge in [-0.3, -0.25) is 9.69 Å². The van der Waals surface area contributed by atoms with E-state index >= 15 is 0 Å². The van der Waals surface area contributed by atoms with E-state index in [4.69, 9.17) is 10.3 Å². The van der Waals surface area contributed by atoms with Crippen LogP contribution in [-0.2, 0) is 11.3 Å². The van der Waals surface area contributed by atoms with Gasteiger partial charge in [0.1, 0.15) is 0 Å². The molecule has 2 fully saturated rings. The maximum atomic E-state index is 12.5. The molecular weight excluding hydrogens is 270 g/mol. The number of aromatic nitrogens is 2. The summed E-state index contributed by atoms with van der Waals surface area (Å²) in [6.07, 6.45) is 3.00. The van der Waals surface area contributed by atoms with E-state index in [9.17, 15) is 4.79 Å². The zero-order valence-corrected chi connectivity index (χ0v) is 12.5. The summed E-state index contributed by atoms with van der Waals surface area (Å²) in [6, 6.07) is 0.0527. The largest absolute Gasteiger partial charge is 0.340 e. The Morgan fingerprint density at radius 3 is 2.67 bits per heavy atom. The maximum Gasteiger partial charge on any atom is 0.240 e. The Bertz CT molecular complexity index is 495. The summed E-state index contributed by atoms with van der Waals surface area (Å²) < 4.78 is 5.14. The molecule has 2 N–H and O–H groups in total. The van der Waals surface area contributed by atoms with Crippen molar-refractivity contribution >= 4 is 5.91 Å². The SMILES string of the molecule is Cc1noc(CN2CCN(C(=O)[C@H]3CCC[C@@H]3N)CC2)n1. The van der Waals surface area contributed by atoms with Gasteiger partial charge in [-0.25, -0.2) is 0 Å². The fraction of sp³-hybridized carbons (Fsp3) is 0.786. The average Bonchev–Trinajstić information content (AvgIpc) is 3.08. The minimum atomic E-state index is 0.0372. The highest BCUT2D eigenvalue weighted by Crippen LogP contribution is 2.26. The lowest BCUT2D eigenvalue weighted by atomic mass is 10.0. The second-order valence-corrected chi connectivity index (χ2v) is 6.04. The predicted octanol–water partition coefficient (Wildman–Crippen LogP) is 0.150. The lowest BCUT2D eigenvalue weighted by Gasteiger charge is -2.35. The van der Waals surface area contributed by atoms with Gasteiger partial charge in [-0.1, -0.05) is 11.6 Å². The molecule has 1 aliphatic carbocycles. The molecule has 116 valence electrons. The highest BCUT2D eigenvalue weighted by molar-refractivity contribution is 5.80. The number of aryl methyl sites for hydroxylation is 1. The van der Waals surface area contributed by atoms with E-state index in [0.717, 1.165) is 45.4 Å². The van der Waals surface area contributed by atoms with Crippen LogP contribution in [-0.4, -0.2) is 58.1 Å². The van der Waals surface area contributed by atoms with Crippen LogP contribution in [0, 0.1) is 12.8 Å². The van der Waals surface area contributed by atoms with E-state index in [0.29, 0.717) is 18.3 Å². The van der Waals surface area contributed by atoms with Crippen LogP contribution in [0.1, 0.15) is 31.0 Å². The fourth-order valence-electron chi connectivity index (χ4n) is 3.25. The normalized spacial score (nSPS) is 27.2. The molecule has 0 spiro atoms. The van der Waals surface area contributed by atoms with Crippen LogP contribution in [0.2, 0.25) is 0 Å². The molecule has 2 atom stereocenters. The number of nitrogens with two attached hydrogens (primary N) is 1. The van der Waals surface area contributed by atoms with Gasteiger partial charge in [-0.15, -0.1) is 0 Å². The highest BCUT2D eigenvalue weighted by Gasteiger charge is 2.34. The number of carbonyl (C=O) groups is 1. The van der Waals surface area contributed by atoms with E-state index in [-0.39, 0.29) is 17.9 Å². The van der Waals surface area contributed by atoms with Crippen LogP contribution in [0.5, 0.6) is 0 Å². The molecule has 7 nitrogen and oxygen atoms in total. The average molecular weight is 293 g/mol. The topological polar surface area (TPSA) is 88.5 Å². The molecule has 1 aromatic heterocycles. The molecule has 1 amide bonds. The van der Waals surface area contributed by atoms with Crippen molar-refractivity contribution in [3.8, 4) is 0 Å². The standard InChI is InChI=1S/C14H23N5O2/c1-10-16-13(21-17-10)9-18-5-7-19(8-6-18)14(20)11-3-2-4-12(11)15/h11-12H,2-9,15H2,1H3/t11-,12-/m0/s1. The van der Waals surface area contributed by atoms with Crippen LogP contribution in [0.3, 0.4) is 0 Å². The zero-order chi connectivity index (χ0) is 14.8. The second kappa shape index (κ2) is 6.11. The van der Waals surface area contributed by atoms with Crippen LogP contribution in [0.15, 0.2) is 4.52 Å². The van der Waals surface area contributed by atoms with Crippen molar-refractivity contribution in [3.63, 3.8) is 0 Å². The van der Waals surface area contributed by atoms with Crippen molar-refractivity contribution in [1.82, 2.24) is 19.9 Å². The number of amides is 1. The summed E-state index contributed by atoms with van der Waals surface area (Å²) in [4.78, 5) is 20.9. The third-order valence-corrected chi connectivity index (χ3v) is 4.50. The van der Waals surface area contributed by atoms with Crippen LogP contribution in [0.25, 0.3) is 0 Å². The first-order valence-electron chi connectivity index (χ1n) is 7.69. The summed E-state index contributed by atoms with van der Waals surface area (Å²) in [5.41, 5.74) is 6.03. The van der Waals surface area contributed by atoms with Crippen molar-refractivity contribution in [2.24, 2.45) is 11.7 Å². The molecule has 0 unspecified atom stereocenters.